The van der Waals surface area contributed by atoms with E-state index in [-0.39, 0.29) is 11.7 Å². The lowest BCUT2D eigenvalue weighted by Crippen LogP contribution is -2.41. The predicted molar refractivity (Wildman–Crippen MR) is 74.0 cm³/mol. The highest BCUT2D eigenvalue weighted by molar-refractivity contribution is 5.81. The maximum atomic E-state index is 12.0. The Hall–Kier alpha value is -1.75. The second-order valence-corrected chi connectivity index (χ2v) is 4.60. The van der Waals surface area contributed by atoms with Crippen molar-refractivity contribution in [1.82, 2.24) is 4.90 Å². The minimum Gasteiger partial charge on any atom is -0.504 e. The molecule has 106 valence electrons. The van der Waals surface area contributed by atoms with E-state index in [9.17, 15) is 9.90 Å². The lowest BCUT2D eigenvalue weighted by atomic mass is 10.1. The molecule has 1 rings (SSSR count). The Kier molecular flexibility index (Phi) is 5.63. The number of nitrogens with zero attached hydrogens (tertiary/aromatic N) is 1. The quantitative estimate of drug-likeness (QED) is 0.818. The molecule has 0 aliphatic heterocycles. The molecule has 0 aromatic heterocycles. The molecule has 0 fully saturated rings. The number of methoxy groups -OCH3 is 1. The first kappa shape index (κ1) is 15.3. The number of nitrogens with two attached hydrogens (primary N) is 1. The van der Waals surface area contributed by atoms with Crippen LogP contribution in [0.1, 0.15) is 25.3 Å². The second-order valence-electron chi connectivity index (χ2n) is 4.60. The van der Waals surface area contributed by atoms with Crippen LogP contribution in [-0.4, -0.2) is 36.1 Å². The Bertz CT molecular complexity index is 435. The summed E-state index contributed by atoms with van der Waals surface area (Å²) in [7, 11) is 3.21. The highest BCUT2D eigenvalue weighted by Crippen LogP contribution is 2.26. The zero-order valence-corrected chi connectivity index (χ0v) is 11.7. The lowest BCUT2D eigenvalue weighted by molar-refractivity contribution is -0.132. The molecule has 0 aliphatic rings. The summed E-state index contributed by atoms with van der Waals surface area (Å²) < 4.78 is 5.04. The molecule has 5 heteroatoms. The van der Waals surface area contributed by atoms with E-state index in [1.165, 1.54) is 7.11 Å². The number of likely N-dealkylation sites (N-methyl/N-ethyl adjacent to an activating group) is 1. The summed E-state index contributed by atoms with van der Waals surface area (Å²) in [4.78, 5) is 13.6. The molecule has 5 nitrogen and oxygen atoms in total. The van der Waals surface area contributed by atoms with Crippen molar-refractivity contribution in [1.29, 1.82) is 0 Å². The van der Waals surface area contributed by atoms with Gasteiger partial charge in [0, 0.05) is 13.6 Å². The van der Waals surface area contributed by atoms with Crippen LogP contribution in [0.15, 0.2) is 18.2 Å². The number of hydrogen-bond donors (Lipinski definition) is 2. The third-order valence-electron chi connectivity index (χ3n) is 2.96. The van der Waals surface area contributed by atoms with Crippen molar-refractivity contribution in [2.45, 2.75) is 32.4 Å². The van der Waals surface area contributed by atoms with Gasteiger partial charge >= 0.3 is 0 Å². The summed E-state index contributed by atoms with van der Waals surface area (Å²) in [6.07, 6.45) is 1.57. The highest BCUT2D eigenvalue weighted by atomic mass is 16.5. The number of phenols is 1. The van der Waals surface area contributed by atoms with Gasteiger partial charge in [0.25, 0.3) is 0 Å². The van der Waals surface area contributed by atoms with E-state index in [1.807, 2.05) is 6.92 Å². The number of hydrogen-bond acceptors (Lipinski definition) is 4. The number of aromatic hydroxyl groups is 1. The summed E-state index contributed by atoms with van der Waals surface area (Å²) in [5.74, 6) is 0.410. The van der Waals surface area contributed by atoms with Gasteiger partial charge in [-0.15, -0.1) is 0 Å². The Balaban J connectivity index is 2.71. The molecule has 1 atom stereocenters. The largest absolute Gasteiger partial charge is 0.504 e. The standard InChI is InChI=1S/C14H22N2O3/c1-4-5-11(15)14(18)16(2)9-10-6-7-12(17)13(8-10)19-3/h6-8,11,17H,4-5,9,15H2,1-3H3/t11-/m0/s1. The van der Waals surface area contributed by atoms with E-state index < -0.39 is 6.04 Å². The number of amides is 1. The average Bonchev–Trinajstić information content (AvgIpc) is 2.40. The zero-order valence-electron chi connectivity index (χ0n) is 11.7. The number of carbonyl (C=O) groups is 1. The maximum Gasteiger partial charge on any atom is 0.239 e. The van der Waals surface area contributed by atoms with Crippen LogP contribution in [0, 0.1) is 0 Å². The summed E-state index contributed by atoms with van der Waals surface area (Å²) in [6, 6.07) is 4.57. The summed E-state index contributed by atoms with van der Waals surface area (Å²) in [5, 5.41) is 9.51. The molecule has 3 N–H and O–H groups in total. The van der Waals surface area contributed by atoms with Crippen LogP contribution < -0.4 is 10.5 Å². The van der Waals surface area contributed by atoms with Crippen LogP contribution in [0.4, 0.5) is 0 Å². The monoisotopic (exact) mass is 266 g/mol. The van der Waals surface area contributed by atoms with E-state index in [2.05, 4.69) is 0 Å². The van der Waals surface area contributed by atoms with Gasteiger partial charge in [-0.05, 0) is 24.1 Å². The van der Waals surface area contributed by atoms with Gasteiger partial charge in [0.05, 0.1) is 13.2 Å². The minimum atomic E-state index is -0.450. The van der Waals surface area contributed by atoms with Crippen molar-refractivity contribution in [3.63, 3.8) is 0 Å². The maximum absolute atomic E-state index is 12.0. The number of benzene rings is 1. The first-order valence-electron chi connectivity index (χ1n) is 6.36. The van der Waals surface area contributed by atoms with E-state index in [0.717, 1.165) is 12.0 Å². The molecule has 0 saturated heterocycles. The molecular weight excluding hydrogens is 244 g/mol. The normalized spacial score (nSPS) is 12.0. The molecule has 1 aromatic carbocycles. The SMILES string of the molecule is CCC[C@H](N)C(=O)N(C)Cc1ccc(O)c(OC)c1. The highest BCUT2D eigenvalue weighted by Gasteiger charge is 2.17. The molecule has 0 radical (unpaired) electrons. The third kappa shape index (κ3) is 4.13. The van der Waals surface area contributed by atoms with Crippen molar-refractivity contribution in [3.05, 3.63) is 23.8 Å². The number of carbonyl (C=O) groups excluding carboxylic acids is 1. The smallest absolute Gasteiger partial charge is 0.239 e. The molecule has 0 spiro atoms. The zero-order chi connectivity index (χ0) is 14.4. The van der Waals surface area contributed by atoms with Crippen molar-refractivity contribution in [3.8, 4) is 11.5 Å². The van der Waals surface area contributed by atoms with Crippen LogP contribution >= 0.6 is 0 Å². The molecule has 0 aliphatic carbocycles. The minimum absolute atomic E-state index is 0.0751. The van der Waals surface area contributed by atoms with E-state index in [0.29, 0.717) is 18.7 Å². The first-order chi connectivity index (χ1) is 8.99. The summed E-state index contributed by atoms with van der Waals surface area (Å²) in [5.41, 5.74) is 6.69. The van der Waals surface area contributed by atoms with E-state index >= 15 is 0 Å². The van der Waals surface area contributed by atoms with Crippen molar-refractivity contribution in [2.24, 2.45) is 5.73 Å². The Morgan fingerprint density at radius 1 is 1.53 bits per heavy atom. The van der Waals surface area contributed by atoms with Gasteiger partial charge in [-0.3, -0.25) is 4.79 Å². The summed E-state index contributed by atoms with van der Waals surface area (Å²) >= 11 is 0. The van der Waals surface area contributed by atoms with E-state index in [4.69, 9.17) is 10.5 Å². The fourth-order valence-corrected chi connectivity index (χ4v) is 1.89. The van der Waals surface area contributed by atoms with Crippen molar-refractivity contribution in [2.75, 3.05) is 14.2 Å². The fourth-order valence-electron chi connectivity index (χ4n) is 1.89. The Morgan fingerprint density at radius 3 is 2.79 bits per heavy atom. The molecule has 1 amide bonds. The van der Waals surface area contributed by atoms with Crippen molar-refractivity contribution >= 4 is 5.91 Å². The number of ether oxygens (including phenoxy) is 1. The third-order valence-corrected chi connectivity index (χ3v) is 2.96. The molecular formula is C14H22N2O3. The van der Waals surface area contributed by atoms with Crippen LogP contribution in [0.25, 0.3) is 0 Å². The van der Waals surface area contributed by atoms with Gasteiger partial charge in [-0.25, -0.2) is 0 Å². The Labute approximate surface area is 114 Å². The predicted octanol–water partition coefficient (Wildman–Crippen LogP) is 1.49. The van der Waals surface area contributed by atoms with Gasteiger partial charge in [0.2, 0.25) is 5.91 Å². The second kappa shape index (κ2) is 6.99. The lowest BCUT2D eigenvalue weighted by Gasteiger charge is -2.21. The van der Waals surface area contributed by atoms with Crippen LogP contribution in [0.5, 0.6) is 11.5 Å². The van der Waals surface area contributed by atoms with Gasteiger partial charge in [-0.2, -0.15) is 0 Å². The number of phenolic OH excluding ortho intramolecular Hbond substituents is 1. The molecule has 0 unspecified atom stereocenters. The molecule has 0 heterocycles. The van der Waals surface area contributed by atoms with E-state index in [1.54, 1.807) is 30.1 Å². The van der Waals surface area contributed by atoms with Crippen LogP contribution in [-0.2, 0) is 11.3 Å². The van der Waals surface area contributed by atoms with Crippen molar-refractivity contribution < 1.29 is 14.6 Å². The van der Waals surface area contributed by atoms with Gasteiger partial charge in [0.15, 0.2) is 11.5 Å². The van der Waals surface area contributed by atoms with Crippen LogP contribution in [0.3, 0.4) is 0 Å². The summed E-state index contributed by atoms with van der Waals surface area (Å²) in [6.45, 7) is 2.44. The fraction of sp³-hybridized carbons (Fsp3) is 0.500. The molecule has 1 aromatic rings. The first-order valence-corrected chi connectivity index (χ1v) is 6.36. The topological polar surface area (TPSA) is 75.8 Å². The van der Waals surface area contributed by atoms with Gasteiger partial charge < -0.3 is 20.5 Å². The Morgan fingerprint density at radius 2 is 2.21 bits per heavy atom. The molecule has 0 bridgehead atoms. The molecule has 0 saturated carbocycles. The average molecular weight is 266 g/mol. The molecule has 19 heavy (non-hydrogen) atoms. The number of rotatable bonds is 6. The van der Waals surface area contributed by atoms with Gasteiger partial charge in [-0.1, -0.05) is 19.4 Å². The van der Waals surface area contributed by atoms with Gasteiger partial charge in [0.1, 0.15) is 0 Å². The van der Waals surface area contributed by atoms with Crippen LogP contribution in [0.2, 0.25) is 0 Å².